The molecule has 0 radical (unpaired) electrons. The number of anilines is 1. The molecule has 114 valence electrons. The molecule has 3 rings (SSSR count). The van der Waals surface area contributed by atoms with E-state index in [1.165, 1.54) is 31.5 Å². The highest BCUT2D eigenvalue weighted by atomic mass is 79.9. The third-order valence-corrected chi connectivity index (χ3v) is 5.61. The number of amidine groups is 1. The Kier molecular flexibility index (Phi) is 4.22. The fraction of sp³-hybridized carbons (Fsp3) is 0.562. The highest BCUT2D eigenvalue weighted by molar-refractivity contribution is 9.10. The minimum Gasteiger partial charge on any atom is -0.384 e. The summed E-state index contributed by atoms with van der Waals surface area (Å²) < 4.78 is 0.912. The SMILES string of the molecule is CN1CCCC2CN(c3ccc(C(=N)N)c(Br)c3)CCC21. The highest BCUT2D eigenvalue weighted by Crippen LogP contribution is 2.33. The van der Waals surface area contributed by atoms with Crippen LogP contribution in [0, 0.1) is 11.3 Å². The molecule has 0 aliphatic carbocycles. The van der Waals surface area contributed by atoms with Gasteiger partial charge in [-0.15, -0.1) is 0 Å². The van der Waals surface area contributed by atoms with Gasteiger partial charge in [0, 0.05) is 34.9 Å². The van der Waals surface area contributed by atoms with Crippen LogP contribution in [0.4, 0.5) is 5.69 Å². The first-order valence-corrected chi connectivity index (χ1v) is 8.44. The van der Waals surface area contributed by atoms with Gasteiger partial charge in [-0.25, -0.2) is 0 Å². The third kappa shape index (κ3) is 2.94. The highest BCUT2D eigenvalue weighted by Gasteiger charge is 2.34. The van der Waals surface area contributed by atoms with E-state index in [2.05, 4.69) is 44.9 Å². The van der Waals surface area contributed by atoms with Gasteiger partial charge in [0.1, 0.15) is 5.84 Å². The normalized spacial score (nSPS) is 26.5. The molecular formula is C16H23BrN4. The molecule has 0 amide bonds. The molecule has 2 saturated heterocycles. The van der Waals surface area contributed by atoms with Crippen molar-refractivity contribution < 1.29 is 0 Å². The van der Waals surface area contributed by atoms with Crippen molar-refractivity contribution in [2.45, 2.75) is 25.3 Å². The fourth-order valence-electron chi connectivity index (χ4n) is 3.81. The van der Waals surface area contributed by atoms with Crippen molar-refractivity contribution in [2.24, 2.45) is 11.7 Å². The van der Waals surface area contributed by atoms with Gasteiger partial charge in [0.05, 0.1) is 0 Å². The third-order valence-electron chi connectivity index (χ3n) is 4.95. The molecule has 2 unspecified atom stereocenters. The molecule has 2 atom stereocenters. The van der Waals surface area contributed by atoms with Gasteiger partial charge >= 0.3 is 0 Å². The Labute approximate surface area is 134 Å². The molecule has 2 aliphatic rings. The number of nitrogen functional groups attached to an aromatic ring is 1. The minimum absolute atomic E-state index is 0.112. The van der Waals surface area contributed by atoms with E-state index in [1.807, 2.05) is 6.07 Å². The maximum Gasteiger partial charge on any atom is 0.123 e. The van der Waals surface area contributed by atoms with Crippen LogP contribution in [0.25, 0.3) is 0 Å². The number of nitrogens with two attached hydrogens (primary N) is 1. The lowest BCUT2D eigenvalue weighted by molar-refractivity contribution is 0.102. The van der Waals surface area contributed by atoms with Crippen LogP contribution >= 0.6 is 15.9 Å². The summed E-state index contributed by atoms with van der Waals surface area (Å²) in [5, 5.41) is 7.56. The second-order valence-electron chi connectivity index (χ2n) is 6.26. The van der Waals surface area contributed by atoms with Gasteiger partial charge in [-0.1, -0.05) is 0 Å². The molecule has 3 N–H and O–H groups in total. The van der Waals surface area contributed by atoms with E-state index >= 15 is 0 Å². The van der Waals surface area contributed by atoms with Crippen LogP contribution in [-0.4, -0.2) is 43.5 Å². The van der Waals surface area contributed by atoms with E-state index < -0.39 is 0 Å². The molecule has 4 nitrogen and oxygen atoms in total. The van der Waals surface area contributed by atoms with Crippen LogP contribution in [0.15, 0.2) is 22.7 Å². The van der Waals surface area contributed by atoms with Crippen molar-refractivity contribution in [1.82, 2.24) is 4.90 Å². The van der Waals surface area contributed by atoms with E-state index in [0.717, 1.165) is 35.1 Å². The standard InChI is InChI=1S/C16H23BrN4/c1-20-7-2-3-11-10-21(8-6-15(11)20)12-4-5-13(16(18)19)14(17)9-12/h4-5,9,11,15H,2-3,6-8,10H2,1H3,(H3,18,19). The molecule has 5 heteroatoms. The van der Waals surface area contributed by atoms with Gasteiger partial charge < -0.3 is 15.5 Å². The average molecular weight is 351 g/mol. The first-order chi connectivity index (χ1) is 10.1. The molecule has 0 aromatic heterocycles. The van der Waals surface area contributed by atoms with E-state index in [9.17, 15) is 0 Å². The van der Waals surface area contributed by atoms with Gasteiger partial charge in [-0.2, -0.15) is 0 Å². The Morgan fingerprint density at radius 3 is 2.86 bits per heavy atom. The van der Waals surface area contributed by atoms with E-state index in [4.69, 9.17) is 11.1 Å². The molecule has 21 heavy (non-hydrogen) atoms. The summed E-state index contributed by atoms with van der Waals surface area (Å²) in [6.45, 7) is 3.50. The number of benzene rings is 1. The summed E-state index contributed by atoms with van der Waals surface area (Å²) >= 11 is 3.54. The Morgan fingerprint density at radius 2 is 2.14 bits per heavy atom. The Morgan fingerprint density at radius 1 is 1.33 bits per heavy atom. The Hall–Kier alpha value is -1.07. The number of rotatable bonds is 2. The number of fused-ring (bicyclic) bond motifs is 1. The van der Waals surface area contributed by atoms with Crippen LogP contribution < -0.4 is 10.6 Å². The molecule has 1 aromatic carbocycles. The number of halogens is 1. The lowest BCUT2D eigenvalue weighted by atomic mass is 9.84. The van der Waals surface area contributed by atoms with Crippen molar-refractivity contribution >= 4 is 27.5 Å². The molecule has 2 fully saturated rings. The van der Waals surface area contributed by atoms with Crippen LogP contribution in [0.5, 0.6) is 0 Å². The number of likely N-dealkylation sites (tertiary alicyclic amines) is 1. The molecule has 0 saturated carbocycles. The maximum absolute atomic E-state index is 7.56. The number of hydrogen-bond acceptors (Lipinski definition) is 3. The van der Waals surface area contributed by atoms with Crippen molar-refractivity contribution in [1.29, 1.82) is 5.41 Å². The second kappa shape index (κ2) is 5.97. The van der Waals surface area contributed by atoms with Crippen LogP contribution in [-0.2, 0) is 0 Å². The van der Waals surface area contributed by atoms with E-state index in [-0.39, 0.29) is 5.84 Å². The zero-order valence-electron chi connectivity index (χ0n) is 12.5. The molecular weight excluding hydrogens is 328 g/mol. The quantitative estimate of drug-likeness (QED) is 0.636. The lowest BCUT2D eigenvalue weighted by Crippen LogP contribution is -2.52. The van der Waals surface area contributed by atoms with Gasteiger partial charge in [-0.05, 0) is 72.9 Å². The zero-order valence-corrected chi connectivity index (χ0v) is 14.1. The predicted octanol–water partition coefficient (Wildman–Crippen LogP) is 2.65. The second-order valence-corrected chi connectivity index (χ2v) is 7.12. The van der Waals surface area contributed by atoms with Crippen molar-refractivity contribution in [3.05, 3.63) is 28.2 Å². The summed E-state index contributed by atoms with van der Waals surface area (Å²) in [5.41, 5.74) is 7.58. The first-order valence-electron chi connectivity index (χ1n) is 7.65. The Balaban J connectivity index is 1.76. The van der Waals surface area contributed by atoms with Crippen molar-refractivity contribution in [3.8, 4) is 0 Å². The predicted molar refractivity (Wildman–Crippen MR) is 91.1 cm³/mol. The summed E-state index contributed by atoms with van der Waals surface area (Å²) in [6.07, 6.45) is 3.91. The van der Waals surface area contributed by atoms with E-state index in [1.54, 1.807) is 0 Å². The smallest absolute Gasteiger partial charge is 0.123 e. The average Bonchev–Trinajstić information content (AvgIpc) is 2.46. The zero-order chi connectivity index (χ0) is 15.0. The van der Waals surface area contributed by atoms with Crippen LogP contribution in [0.3, 0.4) is 0 Å². The first kappa shape index (κ1) is 14.9. The summed E-state index contributed by atoms with van der Waals surface area (Å²) in [6, 6.07) is 6.90. The number of hydrogen-bond donors (Lipinski definition) is 2. The minimum atomic E-state index is 0.112. The largest absolute Gasteiger partial charge is 0.384 e. The summed E-state index contributed by atoms with van der Waals surface area (Å²) in [4.78, 5) is 5.02. The van der Waals surface area contributed by atoms with E-state index in [0.29, 0.717) is 0 Å². The summed E-state index contributed by atoms with van der Waals surface area (Å²) in [5.74, 6) is 0.893. The number of nitrogens with zero attached hydrogens (tertiary/aromatic N) is 2. The topological polar surface area (TPSA) is 56.4 Å². The Bertz CT molecular complexity index is 545. The molecule has 0 spiro atoms. The number of nitrogens with one attached hydrogen (secondary N) is 1. The maximum atomic E-state index is 7.56. The molecule has 0 bridgehead atoms. The summed E-state index contributed by atoms with van der Waals surface area (Å²) in [7, 11) is 2.27. The molecule has 2 heterocycles. The number of piperidine rings is 2. The van der Waals surface area contributed by atoms with Crippen LogP contribution in [0.2, 0.25) is 0 Å². The van der Waals surface area contributed by atoms with Gasteiger partial charge in [-0.3, -0.25) is 5.41 Å². The fourth-order valence-corrected chi connectivity index (χ4v) is 4.39. The van der Waals surface area contributed by atoms with Gasteiger partial charge in [0.2, 0.25) is 0 Å². The molecule has 2 aliphatic heterocycles. The van der Waals surface area contributed by atoms with Crippen LogP contribution in [0.1, 0.15) is 24.8 Å². The monoisotopic (exact) mass is 350 g/mol. The van der Waals surface area contributed by atoms with Gasteiger partial charge in [0.15, 0.2) is 0 Å². The lowest BCUT2D eigenvalue weighted by Gasteiger charge is -2.46. The molecule has 1 aromatic rings. The van der Waals surface area contributed by atoms with Crippen molar-refractivity contribution in [3.63, 3.8) is 0 Å². The van der Waals surface area contributed by atoms with Gasteiger partial charge in [0.25, 0.3) is 0 Å². The van der Waals surface area contributed by atoms with Crippen molar-refractivity contribution in [2.75, 3.05) is 31.6 Å².